The van der Waals surface area contributed by atoms with E-state index >= 15 is 0 Å². The summed E-state index contributed by atoms with van der Waals surface area (Å²) in [5, 5.41) is 11.5. The first kappa shape index (κ1) is 26.6. The van der Waals surface area contributed by atoms with Gasteiger partial charge in [-0.3, -0.25) is 4.99 Å². The number of nitrogens with one attached hydrogen (secondary N) is 2. The lowest BCUT2D eigenvalue weighted by molar-refractivity contribution is 0.306. The molecule has 0 amide bonds. The number of rotatable bonds is 7. The molecule has 2 N–H and O–H groups in total. The van der Waals surface area contributed by atoms with Crippen LogP contribution in [-0.4, -0.2) is 60.4 Å². The molecule has 10 heteroatoms. The molecule has 0 radical (unpaired) electrons. The molecule has 0 atom stereocenters. The van der Waals surface area contributed by atoms with Gasteiger partial charge in [0, 0.05) is 38.4 Å². The molecule has 2 heterocycles. The number of aryl methyl sites for hydroxylation is 2. The third-order valence-corrected chi connectivity index (χ3v) is 7.63. The minimum absolute atomic E-state index is 0. The Balaban J connectivity index is 0.00000363. The van der Waals surface area contributed by atoms with E-state index in [0.717, 1.165) is 41.4 Å². The summed E-state index contributed by atoms with van der Waals surface area (Å²) in [7, 11) is -1.37. The molecule has 0 aliphatic carbocycles. The number of aliphatic imine (C=N–C) groups is 1. The van der Waals surface area contributed by atoms with E-state index in [1.807, 2.05) is 30.7 Å². The van der Waals surface area contributed by atoms with Crippen LogP contribution in [-0.2, 0) is 16.6 Å². The Morgan fingerprint density at radius 3 is 2.50 bits per heavy atom. The number of sulfonamides is 1. The first-order chi connectivity index (χ1) is 14.8. The summed E-state index contributed by atoms with van der Waals surface area (Å²) in [5.74, 6) is 0.946. The van der Waals surface area contributed by atoms with Gasteiger partial charge in [0.2, 0.25) is 10.0 Å². The van der Waals surface area contributed by atoms with Gasteiger partial charge in [-0.05, 0) is 50.8 Å². The van der Waals surface area contributed by atoms with Crippen LogP contribution in [0.25, 0.3) is 5.69 Å². The van der Waals surface area contributed by atoms with E-state index in [1.165, 1.54) is 0 Å². The van der Waals surface area contributed by atoms with Gasteiger partial charge < -0.3 is 10.6 Å². The normalized spacial score (nSPS) is 15.9. The lowest BCUT2D eigenvalue weighted by Crippen LogP contribution is -2.49. The largest absolute Gasteiger partial charge is 0.354 e. The van der Waals surface area contributed by atoms with Crippen LogP contribution >= 0.6 is 24.0 Å². The van der Waals surface area contributed by atoms with E-state index in [2.05, 4.69) is 45.8 Å². The van der Waals surface area contributed by atoms with Gasteiger partial charge in [-0.15, -0.1) is 24.0 Å². The summed E-state index contributed by atoms with van der Waals surface area (Å²) in [4.78, 5) is 4.36. The van der Waals surface area contributed by atoms with Crippen molar-refractivity contribution in [2.75, 3.05) is 25.9 Å². The summed E-state index contributed by atoms with van der Waals surface area (Å²) in [6.07, 6.45) is 2.19. The van der Waals surface area contributed by atoms with Crippen molar-refractivity contribution in [3.63, 3.8) is 0 Å². The number of hydrogen-bond acceptors (Lipinski definition) is 4. The highest BCUT2D eigenvalue weighted by molar-refractivity contribution is 14.0. The maximum Gasteiger partial charge on any atom is 0.214 e. The Labute approximate surface area is 208 Å². The smallest absolute Gasteiger partial charge is 0.214 e. The molecule has 0 saturated carbocycles. The van der Waals surface area contributed by atoms with E-state index in [9.17, 15) is 8.42 Å². The van der Waals surface area contributed by atoms with E-state index in [0.29, 0.717) is 26.1 Å². The molecule has 1 aromatic carbocycles. The summed E-state index contributed by atoms with van der Waals surface area (Å²) in [6, 6.07) is 10.5. The number of nitrogens with zero attached hydrogens (tertiary/aromatic N) is 4. The number of halogens is 1. The van der Waals surface area contributed by atoms with Crippen molar-refractivity contribution in [3.8, 4) is 5.69 Å². The van der Waals surface area contributed by atoms with Gasteiger partial charge in [-0.25, -0.2) is 17.4 Å². The lowest BCUT2D eigenvalue weighted by Gasteiger charge is -2.32. The molecule has 1 aromatic heterocycles. The summed E-state index contributed by atoms with van der Waals surface area (Å²) in [5.41, 5.74) is 4.25. The zero-order chi connectivity index (χ0) is 22.4. The molecular formula is C22H35IN6O2S. The lowest BCUT2D eigenvalue weighted by atomic mass is 10.1. The topological polar surface area (TPSA) is 91.6 Å². The van der Waals surface area contributed by atoms with Gasteiger partial charge in [0.05, 0.1) is 17.1 Å². The van der Waals surface area contributed by atoms with Crippen molar-refractivity contribution in [2.24, 2.45) is 4.99 Å². The minimum atomic E-state index is -3.12. The summed E-state index contributed by atoms with van der Waals surface area (Å²) < 4.78 is 28.1. The van der Waals surface area contributed by atoms with Crippen LogP contribution in [0.15, 0.2) is 35.3 Å². The van der Waals surface area contributed by atoms with Gasteiger partial charge >= 0.3 is 0 Å². The summed E-state index contributed by atoms with van der Waals surface area (Å²) >= 11 is 0. The molecule has 2 aromatic rings. The number of para-hydroxylation sites is 1. The monoisotopic (exact) mass is 574 g/mol. The van der Waals surface area contributed by atoms with Crippen molar-refractivity contribution in [1.82, 2.24) is 24.7 Å². The fourth-order valence-corrected chi connectivity index (χ4v) is 5.51. The Bertz CT molecular complexity index is 1010. The molecule has 1 aliphatic rings. The van der Waals surface area contributed by atoms with Crippen molar-refractivity contribution in [1.29, 1.82) is 0 Å². The second-order valence-electron chi connectivity index (χ2n) is 8.03. The molecule has 0 bridgehead atoms. The maximum absolute atomic E-state index is 12.3. The minimum Gasteiger partial charge on any atom is -0.354 e. The number of aromatic nitrogens is 2. The third kappa shape index (κ3) is 6.67. The first-order valence-electron chi connectivity index (χ1n) is 10.9. The van der Waals surface area contributed by atoms with Crippen LogP contribution in [0.4, 0.5) is 0 Å². The van der Waals surface area contributed by atoms with Gasteiger partial charge in [-0.2, -0.15) is 5.10 Å². The average Bonchev–Trinajstić information content (AvgIpc) is 3.09. The van der Waals surface area contributed by atoms with Crippen molar-refractivity contribution < 1.29 is 8.42 Å². The highest BCUT2D eigenvalue weighted by Gasteiger charge is 2.27. The third-order valence-electron chi connectivity index (χ3n) is 5.55. The van der Waals surface area contributed by atoms with Crippen LogP contribution in [0.3, 0.4) is 0 Å². The highest BCUT2D eigenvalue weighted by Crippen LogP contribution is 2.17. The van der Waals surface area contributed by atoms with E-state index in [4.69, 9.17) is 0 Å². The molecule has 0 unspecified atom stereocenters. The van der Waals surface area contributed by atoms with Crippen molar-refractivity contribution in [3.05, 3.63) is 47.3 Å². The fraction of sp³-hybridized carbons (Fsp3) is 0.545. The van der Waals surface area contributed by atoms with Crippen LogP contribution in [0.1, 0.15) is 43.1 Å². The second kappa shape index (κ2) is 12.0. The van der Waals surface area contributed by atoms with Crippen LogP contribution in [0, 0.1) is 13.8 Å². The molecule has 178 valence electrons. The highest BCUT2D eigenvalue weighted by atomic mass is 127. The fourth-order valence-electron chi connectivity index (χ4n) is 3.97. The molecule has 32 heavy (non-hydrogen) atoms. The number of guanidine groups is 1. The molecule has 3 rings (SSSR count). The van der Waals surface area contributed by atoms with Gasteiger partial charge in [0.15, 0.2) is 5.96 Å². The SMILES string of the molecule is CCCS(=O)(=O)N1CCC(NC(=NC)NCc2ccccc2-n2nc(C)cc2C)CC1.I. The van der Waals surface area contributed by atoms with Crippen molar-refractivity contribution >= 4 is 40.0 Å². The number of hydrogen-bond donors (Lipinski definition) is 2. The van der Waals surface area contributed by atoms with Gasteiger partial charge in [0.1, 0.15) is 0 Å². The van der Waals surface area contributed by atoms with Crippen LogP contribution in [0.5, 0.6) is 0 Å². The van der Waals surface area contributed by atoms with Crippen molar-refractivity contribution in [2.45, 2.75) is 52.6 Å². The number of benzene rings is 1. The second-order valence-corrected chi connectivity index (χ2v) is 10.1. The molecule has 1 fully saturated rings. The van der Waals surface area contributed by atoms with E-state index in [1.54, 1.807) is 11.4 Å². The number of piperidine rings is 1. The molecule has 0 spiro atoms. The van der Waals surface area contributed by atoms with E-state index < -0.39 is 10.0 Å². The Morgan fingerprint density at radius 1 is 1.22 bits per heavy atom. The quantitative estimate of drug-likeness (QED) is 0.302. The van der Waals surface area contributed by atoms with Crippen LogP contribution in [0.2, 0.25) is 0 Å². The van der Waals surface area contributed by atoms with Crippen LogP contribution < -0.4 is 10.6 Å². The standard InChI is InChI=1S/C22H34N6O2S.HI/c1-5-14-31(29,30)27-12-10-20(11-13-27)25-22(23-4)24-16-19-8-6-7-9-21(19)28-18(3)15-17(2)26-28;/h6-9,15,20H,5,10-14,16H2,1-4H3,(H2,23,24,25);1H. The Kier molecular flexibility index (Phi) is 9.96. The van der Waals surface area contributed by atoms with Gasteiger partial charge in [-0.1, -0.05) is 25.1 Å². The first-order valence-corrected chi connectivity index (χ1v) is 12.5. The predicted molar refractivity (Wildman–Crippen MR) is 140 cm³/mol. The zero-order valence-corrected chi connectivity index (χ0v) is 22.5. The summed E-state index contributed by atoms with van der Waals surface area (Å²) in [6.45, 7) is 7.66. The Hall–Kier alpha value is -1.66. The van der Waals surface area contributed by atoms with Gasteiger partial charge in [0.25, 0.3) is 0 Å². The van der Waals surface area contributed by atoms with E-state index in [-0.39, 0.29) is 35.8 Å². The molecule has 8 nitrogen and oxygen atoms in total. The molecule has 1 aliphatic heterocycles. The predicted octanol–water partition coefficient (Wildman–Crippen LogP) is 2.98. The molecule has 1 saturated heterocycles. The zero-order valence-electron chi connectivity index (χ0n) is 19.3. The Morgan fingerprint density at radius 2 is 1.91 bits per heavy atom. The average molecular weight is 575 g/mol. The molecular weight excluding hydrogens is 539 g/mol. The maximum atomic E-state index is 12.3.